The van der Waals surface area contributed by atoms with Gasteiger partial charge in [0.05, 0.1) is 10.9 Å². The van der Waals surface area contributed by atoms with E-state index in [0.29, 0.717) is 10.9 Å². The normalized spacial score (nSPS) is 16.7. The summed E-state index contributed by atoms with van der Waals surface area (Å²) in [5.74, 6) is 0. The lowest BCUT2D eigenvalue weighted by Gasteiger charge is -2.24. The smallest absolute Gasteiger partial charge is 0.296 e. The van der Waals surface area contributed by atoms with Crippen molar-refractivity contribution in [3.63, 3.8) is 0 Å². The standard InChI is InChI=1S/C15H17BrN2O2/c1-17-13-8-7-10(16)9-12(13)14(19)18(15(17)20)11-5-3-2-4-6-11/h7-9,11H,2-6H2,1H3. The van der Waals surface area contributed by atoms with E-state index in [2.05, 4.69) is 15.9 Å². The molecule has 2 aromatic rings. The van der Waals surface area contributed by atoms with E-state index in [1.54, 1.807) is 17.7 Å². The van der Waals surface area contributed by atoms with Crippen molar-refractivity contribution in [3.8, 4) is 0 Å². The fourth-order valence-corrected chi connectivity index (χ4v) is 3.48. The Labute approximate surface area is 125 Å². The zero-order valence-corrected chi connectivity index (χ0v) is 13.0. The van der Waals surface area contributed by atoms with Gasteiger partial charge in [-0.25, -0.2) is 4.79 Å². The number of fused-ring (bicyclic) bond motifs is 1. The summed E-state index contributed by atoms with van der Waals surface area (Å²) in [5, 5.41) is 0.604. The average molecular weight is 337 g/mol. The van der Waals surface area contributed by atoms with Gasteiger partial charge in [0.15, 0.2) is 0 Å². The van der Waals surface area contributed by atoms with Crippen molar-refractivity contribution in [1.82, 2.24) is 9.13 Å². The quantitative estimate of drug-likeness (QED) is 0.803. The highest BCUT2D eigenvalue weighted by Crippen LogP contribution is 2.26. The van der Waals surface area contributed by atoms with Gasteiger partial charge in [0.2, 0.25) is 0 Å². The second-order valence-corrected chi connectivity index (χ2v) is 6.39. The van der Waals surface area contributed by atoms with Crippen molar-refractivity contribution in [3.05, 3.63) is 43.5 Å². The lowest BCUT2D eigenvalue weighted by molar-refractivity contribution is 0.334. The number of hydrogen-bond acceptors (Lipinski definition) is 2. The molecule has 0 unspecified atom stereocenters. The summed E-state index contributed by atoms with van der Waals surface area (Å²) in [6, 6.07) is 5.52. The van der Waals surface area contributed by atoms with Crippen LogP contribution in [-0.4, -0.2) is 9.13 Å². The minimum Gasteiger partial charge on any atom is -0.296 e. The molecule has 0 aliphatic heterocycles. The molecule has 0 radical (unpaired) electrons. The Bertz CT molecular complexity index is 770. The van der Waals surface area contributed by atoms with E-state index in [1.807, 2.05) is 12.1 Å². The third kappa shape index (κ3) is 2.14. The number of halogens is 1. The molecule has 0 spiro atoms. The summed E-state index contributed by atoms with van der Waals surface area (Å²) in [5.41, 5.74) is 0.336. The van der Waals surface area contributed by atoms with Crippen molar-refractivity contribution in [2.45, 2.75) is 38.1 Å². The second-order valence-electron chi connectivity index (χ2n) is 5.47. The molecule has 1 fully saturated rings. The van der Waals surface area contributed by atoms with Crippen LogP contribution in [0.5, 0.6) is 0 Å². The zero-order valence-electron chi connectivity index (χ0n) is 11.4. The third-order valence-corrected chi connectivity index (χ3v) is 4.70. The molecular weight excluding hydrogens is 320 g/mol. The molecule has 1 aliphatic carbocycles. The summed E-state index contributed by atoms with van der Waals surface area (Å²) >= 11 is 3.39. The van der Waals surface area contributed by atoms with Gasteiger partial charge in [0.25, 0.3) is 5.56 Å². The molecule has 4 nitrogen and oxygen atoms in total. The van der Waals surface area contributed by atoms with Gasteiger partial charge < -0.3 is 0 Å². The molecule has 0 bridgehead atoms. The Kier molecular flexibility index (Phi) is 3.54. The van der Waals surface area contributed by atoms with Crippen molar-refractivity contribution in [1.29, 1.82) is 0 Å². The Morgan fingerprint density at radius 1 is 1.15 bits per heavy atom. The molecule has 0 atom stereocenters. The lowest BCUT2D eigenvalue weighted by atomic mass is 9.95. The monoisotopic (exact) mass is 336 g/mol. The van der Waals surface area contributed by atoms with Crippen molar-refractivity contribution in [2.75, 3.05) is 0 Å². The molecule has 5 heteroatoms. The minimum atomic E-state index is -0.197. The molecule has 1 heterocycles. The number of benzene rings is 1. The summed E-state index contributed by atoms with van der Waals surface area (Å²) < 4.78 is 3.90. The predicted molar refractivity (Wildman–Crippen MR) is 83.3 cm³/mol. The minimum absolute atomic E-state index is 0.0540. The molecule has 1 aromatic carbocycles. The zero-order chi connectivity index (χ0) is 14.3. The summed E-state index contributed by atoms with van der Waals surface area (Å²) in [6.45, 7) is 0. The number of nitrogens with zero attached hydrogens (tertiary/aromatic N) is 2. The number of hydrogen-bond donors (Lipinski definition) is 0. The van der Waals surface area contributed by atoms with E-state index in [9.17, 15) is 9.59 Å². The molecule has 1 saturated carbocycles. The van der Waals surface area contributed by atoms with E-state index < -0.39 is 0 Å². The molecular formula is C15H17BrN2O2. The van der Waals surface area contributed by atoms with Gasteiger partial charge in [-0.2, -0.15) is 0 Å². The van der Waals surface area contributed by atoms with Crippen LogP contribution in [0, 0.1) is 0 Å². The maximum absolute atomic E-state index is 12.7. The molecule has 1 aromatic heterocycles. The molecule has 0 amide bonds. The van der Waals surface area contributed by atoms with Crippen molar-refractivity contribution < 1.29 is 0 Å². The first kappa shape index (κ1) is 13.6. The third-order valence-electron chi connectivity index (χ3n) is 4.20. The van der Waals surface area contributed by atoms with Crippen molar-refractivity contribution in [2.24, 2.45) is 7.05 Å². The van der Waals surface area contributed by atoms with E-state index in [4.69, 9.17) is 0 Å². The molecule has 106 valence electrons. The first-order valence-corrected chi connectivity index (χ1v) is 7.79. The fraction of sp³-hybridized carbons (Fsp3) is 0.467. The van der Waals surface area contributed by atoms with Crippen LogP contribution in [0.1, 0.15) is 38.1 Å². The summed E-state index contributed by atoms with van der Waals surface area (Å²) in [7, 11) is 1.73. The topological polar surface area (TPSA) is 44.0 Å². The SMILES string of the molecule is Cn1c(=O)n(C2CCCCC2)c(=O)c2cc(Br)ccc21. The first-order chi connectivity index (χ1) is 9.59. The Hall–Kier alpha value is -1.36. The molecule has 20 heavy (non-hydrogen) atoms. The van der Waals surface area contributed by atoms with Crippen LogP contribution in [0.4, 0.5) is 0 Å². The first-order valence-electron chi connectivity index (χ1n) is 7.00. The maximum atomic E-state index is 12.7. The summed E-state index contributed by atoms with van der Waals surface area (Å²) in [6.07, 6.45) is 5.24. The maximum Gasteiger partial charge on any atom is 0.331 e. The van der Waals surface area contributed by atoms with Gasteiger partial charge in [-0.05, 0) is 31.0 Å². The predicted octanol–water partition coefficient (Wildman–Crippen LogP) is 2.97. The van der Waals surface area contributed by atoms with Crippen LogP contribution in [0.15, 0.2) is 32.3 Å². The lowest BCUT2D eigenvalue weighted by Crippen LogP contribution is -2.42. The van der Waals surface area contributed by atoms with Gasteiger partial charge in [-0.3, -0.25) is 13.9 Å². The highest BCUT2D eigenvalue weighted by molar-refractivity contribution is 9.10. The van der Waals surface area contributed by atoms with Crippen LogP contribution in [-0.2, 0) is 7.05 Å². The van der Waals surface area contributed by atoms with E-state index in [-0.39, 0.29) is 17.3 Å². The molecule has 0 saturated heterocycles. The number of aromatic nitrogens is 2. The van der Waals surface area contributed by atoms with Crippen LogP contribution in [0.2, 0.25) is 0 Å². The van der Waals surface area contributed by atoms with Gasteiger partial charge in [-0.15, -0.1) is 0 Å². The van der Waals surface area contributed by atoms with Gasteiger partial charge in [0, 0.05) is 17.6 Å². The van der Waals surface area contributed by atoms with Gasteiger partial charge >= 0.3 is 5.69 Å². The van der Waals surface area contributed by atoms with Gasteiger partial charge in [0.1, 0.15) is 0 Å². The Morgan fingerprint density at radius 3 is 2.55 bits per heavy atom. The van der Waals surface area contributed by atoms with Crippen LogP contribution >= 0.6 is 15.9 Å². The van der Waals surface area contributed by atoms with Gasteiger partial charge in [-0.1, -0.05) is 35.2 Å². The fourth-order valence-electron chi connectivity index (χ4n) is 3.11. The molecule has 1 aliphatic rings. The highest BCUT2D eigenvalue weighted by atomic mass is 79.9. The number of rotatable bonds is 1. The summed E-state index contributed by atoms with van der Waals surface area (Å²) in [4.78, 5) is 25.2. The highest BCUT2D eigenvalue weighted by Gasteiger charge is 2.21. The van der Waals surface area contributed by atoms with E-state index in [1.165, 1.54) is 11.0 Å². The average Bonchev–Trinajstić information content (AvgIpc) is 2.46. The Balaban J connectivity index is 2.32. The van der Waals surface area contributed by atoms with Crippen LogP contribution < -0.4 is 11.2 Å². The largest absolute Gasteiger partial charge is 0.331 e. The van der Waals surface area contributed by atoms with E-state index >= 15 is 0 Å². The van der Waals surface area contributed by atoms with Crippen LogP contribution in [0.25, 0.3) is 10.9 Å². The molecule has 3 rings (SSSR count). The van der Waals surface area contributed by atoms with E-state index in [0.717, 1.165) is 30.2 Å². The number of aryl methyl sites for hydroxylation is 1. The van der Waals surface area contributed by atoms with Crippen LogP contribution in [0.3, 0.4) is 0 Å². The second kappa shape index (κ2) is 5.20. The molecule has 0 N–H and O–H groups in total. The van der Waals surface area contributed by atoms with Crippen molar-refractivity contribution >= 4 is 26.8 Å². The Morgan fingerprint density at radius 2 is 1.85 bits per heavy atom.